The summed E-state index contributed by atoms with van der Waals surface area (Å²) in [7, 11) is 1.85. The number of aromatic nitrogens is 2. The highest BCUT2D eigenvalue weighted by atomic mass is 16.6. The van der Waals surface area contributed by atoms with E-state index in [-0.39, 0.29) is 22.8 Å². The lowest BCUT2D eigenvalue weighted by Gasteiger charge is -2.35. The molecular weight excluding hydrogens is 260 g/mol. The maximum absolute atomic E-state index is 11.3. The molecule has 20 heavy (non-hydrogen) atoms. The van der Waals surface area contributed by atoms with Crippen LogP contribution in [0.5, 0.6) is 0 Å². The Hall–Kier alpha value is -1.63. The summed E-state index contributed by atoms with van der Waals surface area (Å²) in [5.74, 6) is 0.953. The molecule has 0 amide bonds. The van der Waals surface area contributed by atoms with Crippen LogP contribution in [0.1, 0.15) is 38.4 Å². The Morgan fingerprint density at radius 2 is 2.15 bits per heavy atom. The molecule has 1 saturated carbocycles. The largest absolute Gasteiger partial charge is 0.393 e. The van der Waals surface area contributed by atoms with Crippen LogP contribution in [-0.4, -0.2) is 39.5 Å². The molecule has 2 rings (SSSR count). The van der Waals surface area contributed by atoms with Crippen molar-refractivity contribution in [3.8, 4) is 0 Å². The van der Waals surface area contributed by atoms with E-state index >= 15 is 0 Å². The predicted molar refractivity (Wildman–Crippen MR) is 76.0 cm³/mol. The van der Waals surface area contributed by atoms with Crippen molar-refractivity contribution >= 4 is 11.5 Å². The van der Waals surface area contributed by atoms with Crippen molar-refractivity contribution in [1.29, 1.82) is 0 Å². The maximum atomic E-state index is 11.3. The first-order valence-electron chi connectivity index (χ1n) is 6.94. The third-order valence-electron chi connectivity index (χ3n) is 3.81. The molecule has 1 aromatic heterocycles. The van der Waals surface area contributed by atoms with Crippen LogP contribution < -0.4 is 4.90 Å². The molecule has 1 aliphatic rings. The van der Waals surface area contributed by atoms with E-state index in [0.29, 0.717) is 24.0 Å². The highest BCUT2D eigenvalue weighted by molar-refractivity contribution is 5.61. The van der Waals surface area contributed by atoms with Gasteiger partial charge in [-0.1, -0.05) is 0 Å². The van der Waals surface area contributed by atoms with E-state index in [9.17, 15) is 15.2 Å². The molecule has 0 saturated heterocycles. The fourth-order valence-electron chi connectivity index (χ4n) is 2.78. The number of hydrogen-bond donors (Lipinski definition) is 1. The summed E-state index contributed by atoms with van der Waals surface area (Å²) in [6.07, 6.45) is 1.33. The van der Waals surface area contributed by atoms with Crippen LogP contribution in [0.2, 0.25) is 0 Å². The van der Waals surface area contributed by atoms with Gasteiger partial charge in [-0.25, -0.2) is 4.68 Å². The Kier molecular flexibility index (Phi) is 3.99. The molecule has 7 nitrogen and oxygen atoms in total. The topological polar surface area (TPSA) is 84.4 Å². The molecule has 0 unspecified atom stereocenters. The van der Waals surface area contributed by atoms with Gasteiger partial charge in [0.15, 0.2) is 0 Å². The van der Waals surface area contributed by atoms with Crippen LogP contribution in [0.4, 0.5) is 11.5 Å². The Morgan fingerprint density at radius 3 is 2.60 bits per heavy atom. The monoisotopic (exact) mass is 282 g/mol. The fraction of sp³-hybridized carbons (Fsp3) is 0.769. The van der Waals surface area contributed by atoms with Gasteiger partial charge in [0.1, 0.15) is 5.69 Å². The minimum Gasteiger partial charge on any atom is -0.393 e. The van der Waals surface area contributed by atoms with Crippen molar-refractivity contribution < 1.29 is 10.0 Å². The van der Waals surface area contributed by atoms with Gasteiger partial charge in [0, 0.05) is 19.6 Å². The molecule has 1 aromatic rings. The Morgan fingerprint density at radius 1 is 1.55 bits per heavy atom. The maximum Gasteiger partial charge on any atom is 0.333 e. The van der Waals surface area contributed by atoms with Gasteiger partial charge in [0.25, 0.3) is 0 Å². The van der Waals surface area contributed by atoms with Gasteiger partial charge < -0.3 is 10.0 Å². The SMILES string of the molecule is Cc1nn(C(C)C)c(N(C)CC2CC(O)C2)c1[N+](=O)[O-]. The van der Waals surface area contributed by atoms with Crippen molar-refractivity contribution in [3.63, 3.8) is 0 Å². The highest BCUT2D eigenvalue weighted by Gasteiger charge is 2.33. The molecule has 0 bridgehead atoms. The molecule has 0 aliphatic heterocycles. The lowest BCUT2D eigenvalue weighted by Crippen LogP contribution is -2.38. The highest BCUT2D eigenvalue weighted by Crippen LogP contribution is 2.35. The second-order valence-electron chi connectivity index (χ2n) is 5.92. The zero-order valence-corrected chi connectivity index (χ0v) is 12.4. The number of rotatable bonds is 5. The van der Waals surface area contributed by atoms with E-state index in [1.807, 2.05) is 25.8 Å². The molecule has 0 aromatic carbocycles. The standard InChI is InChI=1S/C13H22N4O3/c1-8(2)16-13(12(17(19)20)9(3)14-16)15(4)7-10-5-11(18)6-10/h8,10-11,18H,5-7H2,1-4H3. The Labute approximate surface area is 118 Å². The molecule has 112 valence electrons. The van der Waals surface area contributed by atoms with Crippen molar-refractivity contribution in [3.05, 3.63) is 15.8 Å². The van der Waals surface area contributed by atoms with Gasteiger partial charge in [-0.05, 0) is 39.5 Å². The second kappa shape index (κ2) is 5.40. The van der Waals surface area contributed by atoms with Crippen LogP contribution in [0.3, 0.4) is 0 Å². The summed E-state index contributed by atoms with van der Waals surface area (Å²) in [6, 6.07) is 0.0619. The molecule has 0 atom stereocenters. The summed E-state index contributed by atoms with van der Waals surface area (Å²) < 4.78 is 1.71. The smallest absolute Gasteiger partial charge is 0.333 e. The zero-order valence-electron chi connectivity index (χ0n) is 12.4. The molecule has 7 heteroatoms. The lowest BCUT2D eigenvalue weighted by atomic mass is 9.82. The minimum absolute atomic E-state index is 0.0619. The average molecular weight is 282 g/mol. The first-order valence-corrected chi connectivity index (χ1v) is 6.94. The van der Waals surface area contributed by atoms with Gasteiger partial charge in [-0.2, -0.15) is 5.10 Å². The Bertz CT molecular complexity index is 506. The molecular formula is C13H22N4O3. The van der Waals surface area contributed by atoms with E-state index in [1.165, 1.54) is 0 Å². The van der Waals surface area contributed by atoms with E-state index in [1.54, 1.807) is 11.6 Å². The summed E-state index contributed by atoms with van der Waals surface area (Å²) in [5, 5.41) is 24.9. The van der Waals surface area contributed by atoms with Gasteiger partial charge in [0.05, 0.1) is 11.0 Å². The van der Waals surface area contributed by atoms with Crippen LogP contribution >= 0.6 is 0 Å². The van der Waals surface area contributed by atoms with Crippen LogP contribution in [-0.2, 0) is 0 Å². The third-order valence-corrected chi connectivity index (χ3v) is 3.81. The van der Waals surface area contributed by atoms with Gasteiger partial charge >= 0.3 is 5.69 Å². The van der Waals surface area contributed by atoms with Crippen molar-refractivity contribution in [2.24, 2.45) is 5.92 Å². The van der Waals surface area contributed by atoms with Crippen LogP contribution in [0, 0.1) is 23.0 Å². The molecule has 0 radical (unpaired) electrons. The Balaban J connectivity index is 2.29. The number of aliphatic hydroxyl groups is 1. The van der Waals surface area contributed by atoms with E-state index < -0.39 is 0 Å². The molecule has 1 aliphatic carbocycles. The number of nitrogens with zero attached hydrogens (tertiary/aromatic N) is 4. The predicted octanol–water partition coefficient (Wildman–Crippen LogP) is 1.89. The van der Waals surface area contributed by atoms with Gasteiger partial charge in [-0.15, -0.1) is 0 Å². The summed E-state index contributed by atoms with van der Waals surface area (Å²) in [4.78, 5) is 12.8. The summed E-state index contributed by atoms with van der Waals surface area (Å²) in [6.45, 7) is 6.29. The van der Waals surface area contributed by atoms with E-state index in [0.717, 1.165) is 12.8 Å². The average Bonchev–Trinajstić information content (AvgIpc) is 2.65. The molecule has 0 spiro atoms. The van der Waals surface area contributed by atoms with E-state index in [2.05, 4.69) is 5.10 Å². The quantitative estimate of drug-likeness (QED) is 0.658. The number of hydrogen-bond acceptors (Lipinski definition) is 5. The third kappa shape index (κ3) is 2.63. The van der Waals surface area contributed by atoms with Crippen molar-refractivity contribution in [2.45, 2.75) is 45.8 Å². The zero-order chi connectivity index (χ0) is 15.0. The molecule has 1 fully saturated rings. The van der Waals surface area contributed by atoms with Gasteiger partial charge in [0.2, 0.25) is 5.82 Å². The normalized spacial score (nSPS) is 21.9. The lowest BCUT2D eigenvalue weighted by molar-refractivity contribution is -0.384. The first-order chi connectivity index (χ1) is 9.31. The van der Waals surface area contributed by atoms with Crippen molar-refractivity contribution in [2.75, 3.05) is 18.5 Å². The van der Waals surface area contributed by atoms with E-state index in [4.69, 9.17) is 0 Å². The molecule has 1 heterocycles. The van der Waals surface area contributed by atoms with Crippen molar-refractivity contribution in [1.82, 2.24) is 9.78 Å². The molecule has 1 N–H and O–H groups in total. The summed E-state index contributed by atoms with van der Waals surface area (Å²) in [5.41, 5.74) is 0.528. The fourth-order valence-corrected chi connectivity index (χ4v) is 2.78. The summed E-state index contributed by atoms with van der Waals surface area (Å²) >= 11 is 0. The second-order valence-corrected chi connectivity index (χ2v) is 5.92. The minimum atomic E-state index is -0.358. The number of aryl methyl sites for hydroxylation is 1. The number of aliphatic hydroxyl groups excluding tert-OH is 1. The van der Waals surface area contributed by atoms with Gasteiger partial charge in [-0.3, -0.25) is 10.1 Å². The van der Waals surface area contributed by atoms with Crippen LogP contribution in [0.25, 0.3) is 0 Å². The van der Waals surface area contributed by atoms with Crippen LogP contribution in [0.15, 0.2) is 0 Å². The number of nitro groups is 1. The first kappa shape index (κ1) is 14.8. The number of anilines is 1.